The zero-order chi connectivity index (χ0) is 8.81. The van der Waals surface area contributed by atoms with Crippen molar-refractivity contribution in [1.82, 2.24) is 0 Å². The topological polar surface area (TPSA) is 39.4 Å². The molecule has 1 heterocycles. The Hall–Kier alpha value is -1.51. The van der Waals surface area contributed by atoms with E-state index in [2.05, 4.69) is 4.74 Å². The highest BCUT2D eigenvalue weighted by Gasteiger charge is 1.93. The third-order valence-corrected chi connectivity index (χ3v) is 1.21. The molecule has 0 atom stereocenters. The lowest BCUT2D eigenvalue weighted by molar-refractivity contribution is -0.137. The summed E-state index contributed by atoms with van der Waals surface area (Å²) in [4.78, 5) is 10.8. The molecular formula is C9H10O3. The summed E-state index contributed by atoms with van der Waals surface area (Å²) in [7, 11) is 0. The highest BCUT2D eigenvalue weighted by molar-refractivity contribution is 5.86. The van der Waals surface area contributed by atoms with Gasteiger partial charge in [-0.1, -0.05) is 0 Å². The maximum atomic E-state index is 10.8. The largest absolute Gasteiger partial charge is 0.465 e. The van der Waals surface area contributed by atoms with E-state index in [0.29, 0.717) is 12.4 Å². The molecule has 1 aromatic rings. The van der Waals surface area contributed by atoms with Gasteiger partial charge < -0.3 is 9.15 Å². The number of furan rings is 1. The second kappa shape index (κ2) is 4.38. The molecule has 0 amide bonds. The molecule has 0 aliphatic carbocycles. The lowest BCUT2D eigenvalue weighted by atomic mass is 10.4. The van der Waals surface area contributed by atoms with Crippen molar-refractivity contribution >= 4 is 12.0 Å². The van der Waals surface area contributed by atoms with Crippen LogP contribution < -0.4 is 0 Å². The summed E-state index contributed by atoms with van der Waals surface area (Å²) in [6, 6.07) is 3.51. The Morgan fingerprint density at radius 3 is 3.17 bits per heavy atom. The minimum absolute atomic E-state index is 0.353. The number of hydrogen-bond acceptors (Lipinski definition) is 3. The third-order valence-electron chi connectivity index (χ3n) is 1.21. The van der Waals surface area contributed by atoms with Crippen molar-refractivity contribution in [3.05, 3.63) is 30.2 Å². The fourth-order valence-corrected chi connectivity index (χ4v) is 0.727. The van der Waals surface area contributed by atoms with Gasteiger partial charge in [-0.15, -0.1) is 0 Å². The zero-order valence-corrected chi connectivity index (χ0v) is 6.82. The first-order valence-corrected chi connectivity index (χ1v) is 3.71. The predicted molar refractivity (Wildman–Crippen MR) is 44.4 cm³/mol. The molecule has 0 spiro atoms. The van der Waals surface area contributed by atoms with E-state index in [1.165, 1.54) is 6.08 Å². The van der Waals surface area contributed by atoms with Crippen LogP contribution in [0.3, 0.4) is 0 Å². The van der Waals surface area contributed by atoms with Crippen molar-refractivity contribution in [2.75, 3.05) is 6.61 Å². The normalized spacial score (nSPS) is 10.4. The van der Waals surface area contributed by atoms with Crippen molar-refractivity contribution in [3.8, 4) is 0 Å². The molecule has 1 aromatic heterocycles. The Morgan fingerprint density at radius 2 is 2.58 bits per heavy atom. The number of hydrogen-bond donors (Lipinski definition) is 0. The van der Waals surface area contributed by atoms with Gasteiger partial charge in [0.25, 0.3) is 0 Å². The van der Waals surface area contributed by atoms with Crippen molar-refractivity contribution < 1.29 is 13.9 Å². The van der Waals surface area contributed by atoms with Crippen LogP contribution in [0, 0.1) is 0 Å². The van der Waals surface area contributed by atoms with Crippen LogP contribution in [0.2, 0.25) is 0 Å². The van der Waals surface area contributed by atoms with Crippen LogP contribution in [-0.2, 0) is 9.53 Å². The molecule has 0 radical (unpaired) electrons. The second-order valence-corrected chi connectivity index (χ2v) is 2.10. The average Bonchev–Trinajstić information content (AvgIpc) is 2.53. The fraction of sp³-hybridized carbons (Fsp3) is 0.222. The van der Waals surface area contributed by atoms with Gasteiger partial charge in [0, 0.05) is 6.08 Å². The van der Waals surface area contributed by atoms with Gasteiger partial charge in [0.05, 0.1) is 12.9 Å². The van der Waals surface area contributed by atoms with E-state index in [9.17, 15) is 4.79 Å². The zero-order valence-electron chi connectivity index (χ0n) is 6.82. The van der Waals surface area contributed by atoms with E-state index in [1.54, 1.807) is 31.4 Å². The maximum Gasteiger partial charge on any atom is 0.330 e. The second-order valence-electron chi connectivity index (χ2n) is 2.10. The van der Waals surface area contributed by atoms with Gasteiger partial charge in [-0.3, -0.25) is 0 Å². The molecule has 1 rings (SSSR count). The fourth-order valence-electron chi connectivity index (χ4n) is 0.727. The maximum absolute atomic E-state index is 10.8. The molecular weight excluding hydrogens is 156 g/mol. The molecule has 64 valence electrons. The van der Waals surface area contributed by atoms with E-state index < -0.39 is 0 Å². The molecule has 3 heteroatoms. The van der Waals surface area contributed by atoms with Gasteiger partial charge >= 0.3 is 5.97 Å². The monoisotopic (exact) mass is 166 g/mol. The molecule has 0 saturated heterocycles. The van der Waals surface area contributed by atoms with Crippen LogP contribution in [-0.4, -0.2) is 12.6 Å². The van der Waals surface area contributed by atoms with Crippen molar-refractivity contribution in [2.24, 2.45) is 0 Å². The van der Waals surface area contributed by atoms with E-state index >= 15 is 0 Å². The van der Waals surface area contributed by atoms with Gasteiger partial charge in [0.1, 0.15) is 5.76 Å². The third kappa shape index (κ3) is 2.62. The minimum atomic E-state index is -0.353. The summed E-state index contributed by atoms with van der Waals surface area (Å²) in [5.41, 5.74) is 0. The molecule has 0 aliphatic rings. The lowest BCUT2D eigenvalue weighted by Crippen LogP contribution is -1.98. The summed E-state index contributed by atoms with van der Waals surface area (Å²) < 4.78 is 9.64. The number of ether oxygens (including phenoxy) is 1. The Morgan fingerprint density at radius 1 is 1.75 bits per heavy atom. The summed E-state index contributed by atoms with van der Waals surface area (Å²) in [6.07, 6.45) is 4.45. The van der Waals surface area contributed by atoms with Crippen LogP contribution in [0.5, 0.6) is 0 Å². The number of carbonyl (C=O) groups is 1. The Labute approximate surface area is 70.6 Å². The average molecular weight is 166 g/mol. The molecule has 12 heavy (non-hydrogen) atoms. The first-order valence-electron chi connectivity index (χ1n) is 3.71. The Kier molecular flexibility index (Phi) is 3.14. The van der Waals surface area contributed by atoms with E-state index in [1.807, 2.05) is 0 Å². The van der Waals surface area contributed by atoms with Gasteiger partial charge in [-0.25, -0.2) is 4.79 Å². The predicted octanol–water partition coefficient (Wildman–Crippen LogP) is 1.86. The molecule has 0 unspecified atom stereocenters. The van der Waals surface area contributed by atoms with Gasteiger partial charge in [-0.05, 0) is 25.1 Å². The first kappa shape index (κ1) is 8.59. The number of carbonyl (C=O) groups excluding carboxylic acids is 1. The van der Waals surface area contributed by atoms with Gasteiger partial charge in [0.2, 0.25) is 0 Å². The highest BCUT2D eigenvalue weighted by Crippen LogP contribution is 2.01. The number of esters is 1. The molecule has 0 bridgehead atoms. The smallest absolute Gasteiger partial charge is 0.330 e. The van der Waals surface area contributed by atoms with Crippen molar-refractivity contribution in [3.63, 3.8) is 0 Å². The van der Waals surface area contributed by atoms with E-state index in [-0.39, 0.29) is 5.97 Å². The molecule has 0 aliphatic heterocycles. The van der Waals surface area contributed by atoms with E-state index in [0.717, 1.165) is 0 Å². The summed E-state index contributed by atoms with van der Waals surface area (Å²) >= 11 is 0. The Balaban J connectivity index is 2.45. The van der Waals surface area contributed by atoms with Gasteiger partial charge in [-0.2, -0.15) is 0 Å². The van der Waals surface area contributed by atoms with E-state index in [4.69, 9.17) is 4.42 Å². The lowest BCUT2D eigenvalue weighted by Gasteiger charge is -1.92. The highest BCUT2D eigenvalue weighted by atomic mass is 16.5. The summed E-state index contributed by atoms with van der Waals surface area (Å²) in [6.45, 7) is 2.15. The summed E-state index contributed by atoms with van der Waals surface area (Å²) in [5, 5.41) is 0. The molecule has 0 fully saturated rings. The molecule has 0 aromatic carbocycles. The quantitative estimate of drug-likeness (QED) is 0.508. The van der Waals surface area contributed by atoms with Gasteiger partial charge in [0.15, 0.2) is 0 Å². The Bertz CT molecular complexity index is 259. The van der Waals surface area contributed by atoms with Crippen LogP contribution in [0.4, 0.5) is 0 Å². The van der Waals surface area contributed by atoms with Crippen LogP contribution >= 0.6 is 0 Å². The van der Waals surface area contributed by atoms with Crippen molar-refractivity contribution in [2.45, 2.75) is 6.92 Å². The SMILES string of the molecule is CCOC(=O)/C=C/c1ccco1. The molecule has 3 nitrogen and oxygen atoms in total. The van der Waals surface area contributed by atoms with Crippen LogP contribution in [0.15, 0.2) is 28.9 Å². The van der Waals surface area contributed by atoms with Crippen LogP contribution in [0.1, 0.15) is 12.7 Å². The first-order chi connectivity index (χ1) is 5.83. The molecule has 0 N–H and O–H groups in total. The molecule has 0 saturated carbocycles. The van der Waals surface area contributed by atoms with Crippen LogP contribution in [0.25, 0.3) is 6.08 Å². The minimum Gasteiger partial charge on any atom is -0.465 e. The summed E-state index contributed by atoms with van der Waals surface area (Å²) in [5.74, 6) is 0.289. The number of rotatable bonds is 3. The standard InChI is InChI=1S/C9H10O3/c1-2-11-9(10)6-5-8-4-3-7-12-8/h3-7H,2H2,1H3/b6-5+. The van der Waals surface area contributed by atoms with Crippen molar-refractivity contribution in [1.29, 1.82) is 0 Å².